The van der Waals surface area contributed by atoms with Gasteiger partial charge in [-0.25, -0.2) is 0 Å². The van der Waals surface area contributed by atoms with E-state index in [1.807, 2.05) is 49.4 Å². The Hall–Kier alpha value is -1.98. The summed E-state index contributed by atoms with van der Waals surface area (Å²) in [7, 11) is 0. The van der Waals surface area contributed by atoms with Crippen LogP contribution in [0.4, 0.5) is 5.69 Å². The summed E-state index contributed by atoms with van der Waals surface area (Å²) in [5, 5.41) is 13.2. The average molecular weight is 271 g/mol. The van der Waals surface area contributed by atoms with Crippen LogP contribution in [0.5, 0.6) is 0 Å². The summed E-state index contributed by atoms with van der Waals surface area (Å²) in [6.45, 7) is 4.08. The molecule has 19 heavy (non-hydrogen) atoms. The van der Waals surface area contributed by atoms with Crippen molar-refractivity contribution >= 4 is 17.3 Å². The number of aryl methyl sites for hydroxylation is 1. The molecule has 0 radical (unpaired) electrons. The molecule has 2 aromatic carbocycles. The maximum atomic E-state index is 9.12. The first-order chi connectivity index (χ1) is 9.10. The molecule has 0 bridgehead atoms. The zero-order chi connectivity index (χ0) is 13.8. The first kappa shape index (κ1) is 13.5. The number of anilines is 1. The average Bonchev–Trinajstić information content (AvgIpc) is 2.39. The quantitative estimate of drug-likeness (QED) is 0.878. The third-order valence-corrected chi connectivity index (χ3v) is 3.29. The molecule has 0 aromatic heterocycles. The summed E-state index contributed by atoms with van der Waals surface area (Å²) >= 11 is 5.88. The molecule has 2 nitrogen and oxygen atoms in total. The van der Waals surface area contributed by atoms with Crippen molar-refractivity contribution in [1.82, 2.24) is 0 Å². The molecule has 2 rings (SSSR count). The predicted molar refractivity (Wildman–Crippen MR) is 79.4 cm³/mol. The first-order valence-electron chi connectivity index (χ1n) is 6.13. The van der Waals surface area contributed by atoms with Crippen molar-refractivity contribution in [3.05, 3.63) is 64.2 Å². The van der Waals surface area contributed by atoms with Crippen LogP contribution >= 0.6 is 11.6 Å². The molecule has 0 fully saturated rings. The third kappa shape index (κ3) is 3.27. The number of hydrogen-bond acceptors (Lipinski definition) is 2. The van der Waals surface area contributed by atoms with Gasteiger partial charge in [0.05, 0.1) is 11.3 Å². The second-order valence-electron chi connectivity index (χ2n) is 4.58. The second-order valence-corrected chi connectivity index (χ2v) is 5.01. The number of nitriles is 1. The Labute approximate surface area is 118 Å². The Bertz CT molecular complexity index is 612. The molecule has 2 aromatic rings. The topological polar surface area (TPSA) is 35.8 Å². The van der Waals surface area contributed by atoms with E-state index in [-0.39, 0.29) is 6.04 Å². The van der Waals surface area contributed by atoms with E-state index < -0.39 is 0 Å². The van der Waals surface area contributed by atoms with E-state index in [2.05, 4.69) is 18.3 Å². The largest absolute Gasteiger partial charge is 0.377 e. The van der Waals surface area contributed by atoms with Gasteiger partial charge < -0.3 is 5.32 Å². The lowest BCUT2D eigenvalue weighted by atomic mass is 10.1. The van der Waals surface area contributed by atoms with Gasteiger partial charge in [0, 0.05) is 11.1 Å². The van der Waals surface area contributed by atoms with Gasteiger partial charge >= 0.3 is 0 Å². The molecule has 0 aliphatic rings. The smallest absolute Gasteiger partial charge is 0.101 e. The van der Waals surface area contributed by atoms with Crippen LogP contribution in [0, 0.1) is 18.3 Å². The fourth-order valence-electron chi connectivity index (χ4n) is 1.94. The van der Waals surface area contributed by atoms with Crippen LogP contribution in [-0.4, -0.2) is 0 Å². The van der Waals surface area contributed by atoms with E-state index in [0.29, 0.717) is 5.56 Å². The van der Waals surface area contributed by atoms with Crippen molar-refractivity contribution in [1.29, 1.82) is 5.26 Å². The highest BCUT2D eigenvalue weighted by atomic mass is 35.5. The molecule has 0 heterocycles. The molecular weight excluding hydrogens is 256 g/mol. The minimum absolute atomic E-state index is 0.117. The summed E-state index contributed by atoms with van der Waals surface area (Å²) in [6.07, 6.45) is 0. The monoisotopic (exact) mass is 270 g/mol. The van der Waals surface area contributed by atoms with E-state index in [1.54, 1.807) is 0 Å². The number of nitrogens with one attached hydrogen (secondary N) is 1. The maximum absolute atomic E-state index is 9.12. The van der Waals surface area contributed by atoms with Crippen LogP contribution in [0.15, 0.2) is 42.5 Å². The van der Waals surface area contributed by atoms with Gasteiger partial charge in [0.2, 0.25) is 0 Å². The lowest BCUT2D eigenvalue weighted by molar-refractivity contribution is 0.883. The summed E-state index contributed by atoms with van der Waals surface area (Å²) < 4.78 is 0. The van der Waals surface area contributed by atoms with E-state index in [4.69, 9.17) is 16.9 Å². The van der Waals surface area contributed by atoms with Crippen molar-refractivity contribution in [3.8, 4) is 6.07 Å². The highest BCUT2D eigenvalue weighted by Crippen LogP contribution is 2.24. The van der Waals surface area contributed by atoms with Gasteiger partial charge in [-0.1, -0.05) is 29.8 Å². The molecule has 0 saturated heterocycles. The van der Waals surface area contributed by atoms with Gasteiger partial charge in [-0.2, -0.15) is 5.26 Å². The maximum Gasteiger partial charge on any atom is 0.101 e. The molecular formula is C16H15ClN2. The zero-order valence-corrected chi connectivity index (χ0v) is 11.7. The van der Waals surface area contributed by atoms with Crippen molar-refractivity contribution in [2.24, 2.45) is 0 Å². The third-order valence-electron chi connectivity index (χ3n) is 3.04. The van der Waals surface area contributed by atoms with Crippen LogP contribution in [-0.2, 0) is 0 Å². The molecule has 3 heteroatoms. The van der Waals surface area contributed by atoms with Crippen LogP contribution in [0.25, 0.3) is 0 Å². The highest BCUT2D eigenvalue weighted by Gasteiger charge is 2.08. The van der Waals surface area contributed by atoms with Crippen molar-refractivity contribution in [2.45, 2.75) is 19.9 Å². The van der Waals surface area contributed by atoms with Gasteiger partial charge in [0.25, 0.3) is 0 Å². The fourth-order valence-corrected chi connectivity index (χ4v) is 2.07. The number of rotatable bonds is 3. The minimum atomic E-state index is 0.117. The second kappa shape index (κ2) is 5.77. The minimum Gasteiger partial charge on any atom is -0.377 e. The summed E-state index contributed by atoms with van der Waals surface area (Å²) in [5.74, 6) is 0. The molecule has 1 unspecified atom stereocenters. The first-order valence-corrected chi connectivity index (χ1v) is 6.50. The SMILES string of the molecule is Cc1ccc(C#N)c(NC(C)c2ccc(Cl)cc2)c1. The van der Waals surface area contributed by atoms with Crippen molar-refractivity contribution in [3.63, 3.8) is 0 Å². The molecule has 0 saturated carbocycles. The Morgan fingerprint density at radius 3 is 2.47 bits per heavy atom. The molecule has 0 amide bonds. The van der Waals surface area contributed by atoms with Gasteiger partial charge in [-0.3, -0.25) is 0 Å². The van der Waals surface area contributed by atoms with E-state index in [0.717, 1.165) is 21.8 Å². The normalized spacial score (nSPS) is 11.7. The lowest BCUT2D eigenvalue weighted by Crippen LogP contribution is -2.07. The van der Waals surface area contributed by atoms with Crippen molar-refractivity contribution in [2.75, 3.05) is 5.32 Å². The molecule has 0 spiro atoms. The zero-order valence-electron chi connectivity index (χ0n) is 10.9. The fraction of sp³-hybridized carbons (Fsp3) is 0.188. The Kier molecular flexibility index (Phi) is 4.09. The summed E-state index contributed by atoms with van der Waals surface area (Å²) in [6, 6.07) is 15.8. The van der Waals surface area contributed by atoms with Crippen LogP contribution < -0.4 is 5.32 Å². The highest BCUT2D eigenvalue weighted by molar-refractivity contribution is 6.30. The summed E-state index contributed by atoms with van der Waals surface area (Å²) in [5.41, 5.74) is 3.79. The molecule has 1 N–H and O–H groups in total. The lowest BCUT2D eigenvalue weighted by Gasteiger charge is -2.17. The predicted octanol–water partition coefficient (Wildman–Crippen LogP) is 4.69. The van der Waals surface area contributed by atoms with E-state index >= 15 is 0 Å². The Morgan fingerprint density at radius 2 is 1.84 bits per heavy atom. The van der Waals surface area contributed by atoms with Crippen LogP contribution in [0.1, 0.15) is 29.7 Å². The van der Waals surface area contributed by atoms with Crippen LogP contribution in [0.3, 0.4) is 0 Å². The number of halogens is 1. The summed E-state index contributed by atoms with van der Waals surface area (Å²) in [4.78, 5) is 0. The Morgan fingerprint density at radius 1 is 1.16 bits per heavy atom. The van der Waals surface area contributed by atoms with Gasteiger partial charge in [-0.05, 0) is 49.2 Å². The van der Waals surface area contributed by atoms with E-state index in [1.165, 1.54) is 0 Å². The number of nitrogens with zero attached hydrogens (tertiary/aromatic N) is 1. The molecule has 96 valence electrons. The standard InChI is InChI=1S/C16H15ClN2/c1-11-3-4-14(10-18)16(9-11)19-12(2)13-5-7-15(17)8-6-13/h3-9,12,19H,1-2H3. The van der Waals surface area contributed by atoms with Gasteiger partial charge in [0.15, 0.2) is 0 Å². The molecule has 1 atom stereocenters. The Balaban J connectivity index is 2.23. The molecule has 0 aliphatic heterocycles. The molecule has 0 aliphatic carbocycles. The van der Waals surface area contributed by atoms with E-state index in [9.17, 15) is 0 Å². The van der Waals surface area contributed by atoms with Gasteiger partial charge in [-0.15, -0.1) is 0 Å². The number of hydrogen-bond donors (Lipinski definition) is 1. The van der Waals surface area contributed by atoms with Crippen molar-refractivity contribution < 1.29 is 0 Å². The van der Waals surface area contributed by atoms with Gasteiger partial charge in [0.1, 0.15) is 6.07 Å². The number of benzene rings is 2. The van der Waals surface area contributed by atoms with Crippen LogP contribution in [0.2, 0.25) is 5.02 Å².